The maximum absolute atomic E-state index is 14.2. The predicted molar refractivity (Wildman–Crippen MR) is 149 cm³/mol. The van der Waals surface area contributed by atoms with Crippen molar-refractivity contribution < 1.29 is 13.2 Å². The summed E-state index contributed by atoms with van der Waals surface area (Å²) in [6.45, 7) is 1.91. The molecule has 0 saturated heterocycles. The molecule has 1 heterocycles. The number of anilines is 4. The Morgan fingerprint density at radius 1 is 0.784 bits per heavy atom. The van der Waals surface area contributed by atoms with Crippen molar-refractivity contribution in [1.82, 2.24) is 0 Å². The molecule has 0 spiro atoms. The molecule has 0 saturated carbocycles. The first-order chi connectivity index (χ1) is 17.8. The van der Waals surface area contributed by atoms with Crippen LogP contribution in [0.15, 0.2) is 108 Å². The molecule has 0 fully saturated rings. The van der Waals surface area contributed by atoms with Crippen molar-refractivity contribution in [3.8, 4) is 0 Å². The van der Waals surface area contributed by atoms with Gasteiger partial charge in [-0.15, -0.1) is 0 Å². The number of para-hydroxylation sites is 3. The fraction of sp³-hybridized carbons (Fsp3) is 0.138. The molecule has 0 unspecified atom stereocenters. The summed E-state index contributed by atoms with van der Waals surface area (Å²) in [7, 11) is -0.153. The van der Waals surface area contributed by atoms with Crippen LogP contribution >= 0.6 is 0 Å². The summed E-state index contributed by atoms with van der Waals surface area (Å²) < 4.78 is 29.7. The van der Waals surface area contributed by atoms with Crippen LogP contribution in [0.2, 0.25) is 0 Å². The topological polar surface area (TPSA) is 73.0 Å². The van der Waals surface area contributed by atoms with Crippen molar-refractivity contribution in [3.63, 3.8) is 0 Å². The van der Waals surface area contributed by atoms with E-state index in [1.165, 1.54) is 9.21 Å². The Kier molecular flexibility index (Phi) is 6.35. The van der Waals surface area contributed by atoms with Crippen molar-refractivity contribution in [2.75, 3.05) is 33.5 Å². The maximum atomic E-state index is 14.2. The van der Waals surface area contributed by atoms with Crippen molar-refractivity contribution in [2.45, 2.75) is 18.0 Å². The first-order valence-electron chi connectivity index (χ1n) is 11.9. The maximum Gasteiger partial charge on any atom is 0.328 e. The normalized spacial score (nSPS) is 14.8. The summed E-state index contributed by atoms with van der Waals surface area (Å²) >= 11 is 0. The zero-order valence-corrected chi connectivity index (χ0v) is 21.7. The molecule has 1 aliphatic rings. The Morgan fingerprint density at radius 3 is 2.00 bits per heavy atom. The quantitative estimate of drug-likeness (QED) is 0.356. The third kappa shape index (κ3) is 4.51. The molecule has 37 heavy (non-hydrogen) atoms. The number of aryl methyl sites for hydroxylation is 1. The fourth-order valence-corrected chi connectivity index (χ4v) is 6.06. The smallest absolute Gasteiger partial charge is 0.328 e. The summed E-state index contributed by atoms with van der Waals surface area (Å²) in [5, 5.41) is 2.93. The Morgan fingerprint density at radius 2 is 1.38 bits per heavy atom. The summed E-state index contributed by atoms with van der Waals surface area (Å²) in [5.41, 5.74) is 4.15. The fourth-order valence-electron chi connectivity index (χ4n) is 4.46. The molecule has 2 amide bonds. The minimum Gasteiger partial charge on any atom is -0.378 e. The second-order valence-corrected chi connectivity index (χ2v) is 10.9. The number of nitrogens with zero attached hydrogens (tertiary/aromatic N) is 3. The highest BCUT2D eigenvalue weighted by Gasteiger charge is 2.46. The molecule has 1 aliphatic heterocycles. The largest absolute Gasteiger partial charge is 0.378 e. The van der Waals surface area contributed by atoms with E-state index < -0.39 is 22.2 Å². The average molecular weight is 513 g/mol. The first-order valence-corrected chi connectivity index (χ1v) is 13.3. The zero-order valence-electron chi connectivity index (χ0n) is 20.9. The van der Waals surface area contributed by atoms with E-state index >= 15 is 0 Å². The number of nitrogens with one attached hydrogen (secondary N) is 1. The van der Waals surface area contributed by atoms with Crippen LogP contribution in [0.25, 0.3) is 0 Å². The molecule has 5 rings (SSSR count). The lowest BCUT2D eigenvalue weighted by atomic mass is 10.1. The Bertz CT molecular complexity index is 1520. The number of rotatable bonds is 5. The Labute approximate surface area is 217 Å². The molecule has 1 N–H and O–H groups in total. The lowest BCUT2D eigenvalue weighted by Gasteiger charge is -2.32. The first kappa shape index (κ1) is 24.4. The lowest BCUT2D eigenvalue weighted by Crippen LogP contribution is -2.43. The Balaban J connectivity index is 1.68. The van der Waals surface area contributed by atoms with Crippen LogP contribution in [-0.4, -0.2) is 28.5 Å². The predicted octanol–water partition coefficient (Wildman–Crippen LogP) is 6.01. The molecule has 188 valence electrons. The lowest BCUT2D eigenvalue weighted by molar-refractivity contribution is 0.255. The van der Waals surface area contributed by atoms with Crippen LogP contribution in [0.1, 0.15) is 17.3 Å². The number of hydrogen-bond donors (Lipinski definition) is 1. The van der Waals surface area contributed by atoms with Crippen LogP contribution in [0.3, 0.4) is 0 Å². The SMILES string of the molecule is Cc1ccc(S(=O)(=O)N2c3ccccc3N(C(=O)Nc3ccccc3)[C@@H]2c2ccc(N(C)C)cc2)cc1. The van der Waals surface area contributed by atoms with Gasteiger partial charge >= 0.3 is 6.03 Å². The van der Waals surface area contributed by atoms with E-state index in [0.717, 1.165) is 11.3 Å². The van der Waals surface area contributed by atoms with E-state index in [1.54, 1.807) is 60.7 Å². The molecular formula is C29H28N4O3S. The van der Waals surface area contributed by atoms with Gasteiger partial charge in [-0.3, -0.25) is 4.90 Å². The summed E-state index contributed by atoms with van der Waals surface area (Å²) in [4.78, 5) is 17.4. The van der Waals surface area contributed by atoms with E-state index in [1.807, 2.05) is 68.4 Å². The van der Waals surface area contributed by atoms with Gasteiger partial charge in [0.05, 0.1) is 16.3 Å². The average Bonchev–Trinajstić information content (AvgIpc) is 3.26. The number of urea groups is 1. The monoisotopic (exact) mass is 512 g/mol. The van der Waals surface area contributed by atoms with E-state index in [2.05, 4.69) is 5.32 Å². The number of fused-ring (bicyclic) bond motifs is 1. The number of hydrogen-bond acceptors (Lipinski definition) is 4. The van der Waals surface area contributed by atoms with Gasteiger partial charge in [0.15, 0.2) is 6.17 Å². The van der Waals surface area contributed by atoms with Gasteiger partial charge in [0.25, 0.3) is 10.0 Å². The number of amides is 2. The highest BCUT2D eigenvalue weighted by Crippen LogP contribution is 2.49. The van der Waals surface area contributed by atoms with E-state index in [0.29, 0.717) is 22.6 Å². The van der Waals surface area contributed by atoms with Crippen LogP contribution < -0.4 is 19.4 Å². The van der Waals surface area contributed by atoms with Gasteiger partial charge in [-0.25, -0.2) is 17.5 Å². The molecule has 1 atom stereocenters. The number of sulfonamides is 1. The number of carbonyl (C=O) groups excluding carboxylic acids is 1. The molecule has 0 aliphatic carbocycles. The van der Waals surface area contributed by atoms with Crippen LogP contribution in [-0.2, 0) is 10.0 Å². The second-order valence-electron chi connectivity index (χ2n) is 9.13. The molecule has 0 aromatic heterocycles. The standard InChI is InChI=1S/C29H28N4O3S/c1-21-13-19-25(20-14-21)37(35,36)33-27-12-8-7-11-26(27)32(29(34)30-23-9-5-4-6-10-23)28(33)22-15-17-24(18-16-22)31(2)3/h4-20,28H,1-3H3,(H,30,34)/t28-/m0/s1. The minimum atomic E-state index is -4.03. The molecule has 4 aromatic rings. The molecule has 7 nitrogen and oxygen atoms in total. The van der Waals surface area contributed by atoms with Gasteiger partial charge in [-0.05, 0) is 61.0 Å². The Hall–Kier alpha value is -4.30. The van der Waals surface area contributed by atoms with Gasteiger partial charge in [0.2, 0.25) is 0 Å². The van der Waals surface area contributed by atoms with Crippen molar-refractivity contribution in [1.29, 1.82) is 0 Å². The minimum absolute atomic E-state index is 0.160. The highest BCUT2D eigenvalue weighted by molar-refractivity contribution is 7.92. The summed E-state index contributed by atoms with van der Waals surface area (Å²) in [6.07, 6.45) is -0.927. The third-order valence-electron chi connectivity index (χ3n) is 6.37. The van der Waals surface area contributed by atoms with Gasteiger partial charge in [0, 0.05) is 25.5 Å². The highest BCUT2D eigenvalue weighted by atomic mass is 32.2. The molecular weight excluding hydrogens is 484 g/mol. The van der Waals surface area contributed by atoms with Gasteiger partial charge < -0.3 is 10.2 Å². The van der Waals surface area contributed by atoms with E-state index in [4.69, 9.17) is 0 Å². The van der Waals surface area contributed by atoms with Gasteiger partial charge in [-0.1, -0.05) is 60.2 Å². The third-order valence-corrected chi connectivity index (χ3v) is 8.16. The number of carbonyl (C=O) groups is 1. The zero-order chi connectivity index (χ0) is 26.2. The number of benzene rings is 4. The summed E-state index contributed by atoms with van der Waals surface area (Å²) in [5.74, 6) is 0. The van der Waals surface area contributed by atoms with Crippen LogP contribution in [0.4, 0.5) is 27.5 Å². The van der Waals surface area contributed by atoms with Gasteiger partial charge in [-0.2, -0.15) is 0 Å². The van der Waals surface area contributed by atoms with Gasteiger partial charge in [0.1, 0.15) is 0 Å². The second kappa shape index (κ2) is 9.63. The summed E-state index contributed by atoms with van der Waals surface area (Å²) in [6, 6.07) is 30.1. The molecule has 4 aromatic carbocycles. The molecule has 0 bridgehead atoms. The molecule has 0 radical (unpaired) electrons. The van der Waals surface area contributed by atoms with Crippen LogP contribution in [0, 0.1) is 6.92 Å². The van der Waals surface area contributed by atoms with Crippen molar-refractivity contribution >= 4 is 38.8 Å². The molecule has 8 heteroatoms. The van der Waals surface area contributed by atoms with E-state index in [9.17, 15) is 13.2 Å². The van der Waals surface area contributed by atoms with E-state index in [-0.39, 0.29) is 4.90 Å². The van der Waals surface area contributed by atoms with Crippen molar-refractivity contribution in [2.24, 2.45) is 0 Å². The van der Waals surface area contributed by atoms with Crippen molar-refractivity contribution in [3.05, 3.63) is 114 Å². The van der Waals surface area contributed by atoms with Crippen LogP contribution in [0.5, 0.6) is 0 Å².